The minimum Gasteiger partial charge on any atom is -0.489 e. The Morgan fingerprint density at radius 3 is 2.76 bits per heavy atom. The molecule has 1 aliphatic heterocycles. The van der Waals surface area contributed by atoms with Crippen LogP contribution >= 0.6 is 0 Å². The molecular weight excluding hydrogens is 282 g/mol. The Labute approximate surface area is 121 Å². The molecule has 1 aromatic carbocycles. The van der Waals surface area contributed by atoms with Gasteiger partial charge in [-0.15, -0.1) is 0 Å². The fraction of sp³-hybridized carbons (Fsp3) is 0.500. The van der Waals surface area contributed by atoms with Crippen molar-refractivity contribution in [1.82, 2.24) is 5.32 Å². The monoisotopic (exact) mass is 300 g/mol. The third-order valence-corrected chi connectivity index (χ3v) is 3.38. The van der Waals surface area contributed by atoms with Gasteiger partial charge in [0.15, 0.2) is 11.6 Å². The van der Waals surface area contributed by atoms with E-state index in [9.17, 15) is 13.6 Å². The lowest BCUT2D eigenvalue weighted by molar-refractivity contribution is -0.129. The van der Waals surface area contributed by atoms with Gasteiger partial charge in [0.05, 0.1) is 12.1 Å². The van der Waals surface area contributed by atoms with Gasteiger partial charge >= 0.3 is 0 Å². The van der Waals surface area contributed by atoms with Crippen LogP contribution in [-0.4, -0.2) is 37.8 Å². The van der Waals surface area contributed by atoms with E-state index < -0.39 is 17.2 Å². The number of amides is 1. The van der Waals surface area contributed by atoms with Crippen molar-refractivity contribution in [3.63, 3.8) is 0 Å². The van der Waals surface area contributed by atoms with Crippen molar-refractivity contribution in [1.29, 1.82) is 0 Å². The van der Waals surface area contributed by atoms with E-state index in [0.29, 0.717) is 26.1 Å². The fourth-order valence-electron chi connectivity index (χ4n) is 2.06. The zero-order chi connectivity index (χ0) is 15.3. The molecule has 1 aliphatic rings. The van der Waals surface area contributed by atoms with Gasteiger partial charge in [0.25, 0.3) is 0 Å². The van der Waals surface area contributed by atoms with E-state index in [-0.39, 0.29) is 24.8 Å². The number of benzene rings is 1. The molecule has 0 aromatic heterocycles. The molecule has 3 N–H and O–H groups in total. The van der Waals surface area contributed by atoms with Crippen molar-refractivity contribution in [2.75, 3.05) is 26.4 Å². The molecule has 0 unspecified atom stereocenters. The number of ether oxygens (including phenoxy) is 2. The second-order valence-electron chi connectivity index (χ2n) is 4.95. The van der Waals surface area contributed by atoms with Gasteiger partial charge in [0.2, 0.25) is 5.91 Å². The Kier molecular flexibility index (Phi) is 5.08. The summed E-state index contributed by atoms with van der Waals surface area (Å²) in [6, 6.07) is 3.05. The zero-order valence-corrected chi connectivity index (χ0v) is 11.5. The number of nitrogens with two attached hydrogens (primary N) is 1. The number of hydrogen-bond acceptors (Lipinski definition) is 4. The normalized spacial score (nSPS) is 17.3. The highest BCUT2D eigenvalue weighted by Gasteiger charge is 2.35. The molecule has 1 saturated heterocycles. The SMILES string of the molecule is NC1(C(=O)NCCOc2ccc(F)cc2F)CCOCC1. The quantitative estimate of drug-likeness (QED) is 0.795. The Morgan fingerprint density at radius 2 is 2.10 bits per heavy atom. The number of hydrogen-bond donors (Lipinski definition) is 2. The minimum atomic E-state index is -0.917. The standard InChI is InChI=1S/C14H18F2N2O3/c15-10-1-2-12(11(16)9-10)21-8-5-18-13(19)14(17)3-6-20-7-4-14/h1-2,9H,3-8,17H2,(H,18,19). The van der Waals surface area contributed by atoms with Gasteiger partial charge in [-0.2, -0.15) is 0 Å². The molecule has 2 rings (SSSR count). The third-order valence-electron chi connectivity index (χ3n) is 3.38. The van der Waals surface area contributed by atoms with Crippen molar-refractivity contribution in [2.45, 2.75) is 18.4 Å². The zero-order valence-electron chi connectivity index (χ0n) is 11.5. The summed E-state index contributed by atoms with van der Waals surface area (Å²) in [6.07, 6.45) is 0.929. The molecule has 0 bridgehead atoms. The molecule has 1 aromatic rings. The van der Waals surface area contributed by atoms with Crippen LogP contribution < -0.4 is 15.8 Å². The summed E-state index contributed by atoms with van der Waals surface area (Å²) < 4.78 is 36.3. The van der Waals surface area contributed by atoms with Crippen LogP contribution in [-0.2, 0) is 9.53 Å². The molecule has 7 heteroatoms. The lowest BCUT2D eigenvalue weighted by Gasteiger charge is -2.31. The van der Waals surface area contributed by atoms with E-state index in [1.165, 1.54) is 6.07 Å². The number of nitrogens with one attached hydrogen (secondary N) is 1. The van der Waals surface area contributed by atoms with Crippen LogP contribution in [0.25, 0.3) is 0 Å². The minimum absolute atomic E-state index is 0.0563. The molecule has 21 heavy (non-hydrogen) atoms. The molecule has 5 nitrogen and oxygen atoms in total. The number of rotatable bonds is 5. The molecular formula is C14H18F2N2O3. The van der Waals surface area contributed by atoms with Crippen LogP contribution in [0.2, 0.25) is 0 Å². The highest BCUT2D eigenvalue weighted by Crippen LogP contribution is 2.18. The predicted molar refractivity (Wildman–Crippen MR) is 71.8 cm³/mol. The molecule has 0 atom stereocenters. The van der Waals surface area contributed by atoms with E-state index in [1.54, 1.807) is 0 Å². The van der Waals surface area contributed by atoms with Crippen LogP contribution in [0.3, 0.4) is 0 Å². The molecule has 1 fully saturated rings. The van der Waals surface area contributed by atoms with Crippen molar-refractivity contribution >= 4 is 5.91 Å². The van der Waals surface area contributed by atoms with E-state index in [0.717, 1.165) is 12.1 Å². The first kappa shape index (κ1) is 15.7. The largest absolute Gasteiger partial charge is 0.489 e. The summed E-state index contributed by atoms with van der Waals surface area (Å²) >= 11 is 0. The Morgan fingerprint density at radius 1 is 1.38 bits per heavy atom. The summed E-state index contributed by atoms with van der Waals surface area (Å²) in [6.45, 7) is 1.18. The lowest BCUT2D eigenvalue weighted by Crippen LogP contribution is -2.57. The van der Waals surface area contributed by atoms with Gasteiger partial charge in [0, 0.05) is 19.3 Å². The number of carbonyl (C=O) groups excluding carboxylic acids is 1. The summed E-state index contributed by atoms with van der Waals surface area (Å²) in [7, 11) is 0. The fourth-order valence-corrected chi connectivity index (χ4v) is 2.06. The van der Waals surface area contributed by atoms with Crippen molar-refractivity contribution in [3.8, 4) is 5.75 Å². The van der Waals surface area contributed by atoms with Gasteiger partial charge in [-0.25, -0.2) is 8.78 Å². The maximum atomic E-state index is 13.3. The summed E-state index contributed by atoms with van der Waals surface area (Å²) in [5, 5.41) is 2.65. The van der Waals surface area contributed by atoms with Gasteiger partial charge in [-0.3, -0.25) is 4.79 Å². The first-order chi connectivity index (χ1) is 10.0. The molecule has 0 aliphatic carbocycles. The summed E-state index contributed by atoms with van der Waals surface area (Å²) in [5.41, 5.74) is 5.08. The maximum Gasteiger partial charge on any atom is 0.240 e. The highest BCUT2D eigenvalue weighted by molar-refractivity contribution is 5.86. The molecule has 0 saturated carbocycles. The molecule has 0 spiro atoms. The predicted octanol–water partition coefficient (Wildman–Crippen LogP) is 0.968. The smallest absolute Gasteiger partial charge is 0.240 e. The van der Waals surface area contributed by atoms with Crippen LogP contribution in [0.5, 0.6) is 5.75 Å². The molecule has 1 amide bonds. The van der Waals surface area contributed by atoms with Gasteiger partial charge in [-0.1, -0.05) is 0 Å². The van der Waals surface area contributed by atoms with E-state index in [1.807, 2.05) is 0 Å². The third kappa shape index (κ3) is 4.12. The van der Waals surface area contributed by atoms with Crippen LogP contribution in [0.4, 0.5) is 8.78 Å². The highest BCUT2D eigenvalue weighted by atomic mass is 19.1. The van der Waals surface area contributed by atoms with Gasteiger partial charge in [-0.05, 0) is 25.0 Å². The molecule has 0 radical (unpaired) electrons. The summed E-state index contributed by atoms with van der Waals surface area (Å²) in [5.74, 6) is -1.77. The van der Waals surface area contributed by atoms with Crippen LogP contribution in [0.15, 0.2) is 18.2 Å². The van der Waals surface area contributed by atoms with Crippen molar-refractivity contribution in [2.24, 2.45) is 5.73 Å². The van der Waals surface area contributed by atoms with Crippen molar-refractivity contribution in [3.05, 3.63) is 29.8 Å². The van der Waals surface area contributed by atoms with Crippen LogP contribution in [0, 0.1) is 11.6 Å². The van der Waals surface area contributed by atoms with E-state index in [4.69, 9.17) is 15.2 Å². The summed E-state index contributed by atoms with van der Waals surface area (Å²) in [4.78, 5) is 12.0. The lowest BCUT2D eigenvalue weighted by atomic mass is 9.90. The molecule has 116 valence electrons. The Balaban J connectivity index is 1.75. The van der Waals surface area contributed by atoms with Gasteiger partial charge < -0.3 is 20.5 Å². The number of halogens is 2. The first-order valence-corrected chi connectivity index (χ1v) is 6.74. The average Bonchev–Trinajstić information content (AvgIpc) is 2.46. The van der Waals surface area contributed by atoms with Crippen LogP contribution in [0.1, 0.15) is 12.8 Å². The van der Waals surface area contributed by atoms with E-state index >= 15 is 0 Å². The Hall–Kier alpha value is -1.73. The Bertz CT molecular complexity index is 505. The number of carbonyl (C=O) groups is 1. The topological polar surface area (TPSA) is 73.6 Å². The average molecular weight is 300 g/mol. The second-order valence-corrected chi connectivity index (χ2v) is 4.95. The van der Waals surface area contributed by atoms with E-state index in [2.05, 4.69) is 5.32 Å². The molecule has 1 heterocycles. The van der Waals surface area contributed by atoms with Crippen molar-refractivity contribution < 1.29 is 23.0 Å². The maximum absolute atomic E-state index is 13.3. The second kappa shape index (κ2) is 6.82. The first-order valence-electron chi connectivity index (χ1n) is 6.74. The van der Waals surface area contributed by atoms with Gasteiger partial charge in [0.1, 0.15) is 12.4 Å².